The Bertz CT molecular complexity index is 1320. The van der Waals surface area contributed by atoms with E-state index in [4.69, 9.17) is 15.2 Å². The van der Waals surface area contributed by atoms with Gasteiger partial charge in [-0.15, -0.1) is 0 Å². The number of halogens is 1. The van der Waals surface area contributed by atoms with E-state index in [1.165, 1.54) is 18.7 Å². The molecule has 0 unspecified atom stereocenters. The maximum atomic E-state index is 14.4. The highest BCUT2D eigenvalue weighted by Crippen LogP contribution is 2.38. The van der Waals surface area contributed by atoms with Crippen molar-refractivity contribution in [3.8, 4) is 11.3 Å². The highest BCUT2D eigenvalue weighted by atomic mass is 19.1. The summed E-state index contributed by atoms with van der Waals surface area (Å²) in [4.78, 5) is 26.3. The first-order chi connectivity index (χ1) is 15.1. The molecule has 1 aliphatic carbocycles. The summed E-state index contributed by atoms with van der Waals surface area (Å²) < 4.78 is 21.0. The number of benzene rings is 1. The number of rotatable bonds is 6. The van der Waals surface area contributed by atoms with Crippen LogP contribution in [0.4, 0.5) is 16.0 Å². The lowest BCUT2D eigenvalue weighted by molar-refractivity contribution is 0.422. The molecule has 4 aromatic rings. The molecule has 0 amide bonds. The van der Waals surface area contributed by atoms with E-state index >= 15 is 0 Å². The first kappa shape index (κ1) is 19.2. The Hall–Kier alpha value is -3.82. The minimum absolute atomic E-state index is 0.0142. The fraction of sp³-hybridized carbons (Fsp3) is 0.286. The van der Waals surface area contributed by atoms with Crippen molar-refractivity contribution < 1.29 is 8.91 Å². The molecule has 3 N–H and O–H groups in total. The van der Waals surface area contributed by atoms with E-state index in [0.29, 0.717) is 34.8 Å². The molecule has 31 heavy (non-hydrogen) atoms. The molecule has 1 aliphatic rings. The third-order valence-electron chi connectivity index (χ3n) is 5.42. The topological polar surface area (TPSA) is 125 Å². The summed E-state index contributed by atoms with van der Waals surface area (Å²) in [5, 5.41) is 7.31. The van der Waals surface area contributed by atoms with Crippen molar-refractivity contribution in [1.82, 2.24) is 24.7 Å². The van der Waals surface area contributed by atoms with Crippen molar-refractivity contribution in [2.75, 3.05) is 11.1 Å². The van der Waals surface area contributed by atoms with Gasteiger partial charge in [-0.2, -0.15) is 0 Å². The molecular weight excluding hydrogens is 401 g/mol. The molecule has 3 aromatic heterocycles. The highest BCUT2D eigenvalue weighted by molar-refractivity contribution is 5.81. The first-order valence-corrected chi connectivity index (χ1v) is 10.1. The van der Waals surface area contributed by atoms with E-state index in [1.54, 1.807) is 22.8 Å². The molecule has 3 heterocycles. The van der Waals surface area contributed by atoms with Gasteiger partial charge in [0.15, 0.2) is 0 Å². The van der Waals surface area contributed by atoms with Crippen molar-refractivity contribution in [3.05, 3.63) is 58.9 Å². The summed E-state index contributed by atoms with van der Waals surface area (Å²) in [5.41, 5.74) is 7.05. The molecule has 0 radical (unpaired) electrons. The molecule has 1 atom stereocenters. The molecule has 1 saturated carbocycles. The van der Waals surface area contributed by atoms with E-state index in [2.05, 4.69) is 20.4 Å². The van der Waals surface area contributed by atoms with Gasteiger partial charge in [0.25, 0.3) is 5.56 Å². The average Bonchev–Trinajstić information content (AvgIpc) is 3.45. The maximum Gasteiger partial charge on any atom is 0.264 e. The van der Waals surface area contributed by atoms with Gasteiger partial charge in [-0.05, 0) is 31.4 Å². The maximum absolute atomic E-state index is 14.4. The highest BCUT2D eigenvalue weighted by Gasteiger charge is 2.32. The standard InChI is InChI=1S/C21H20FN7O2/c1-2-13(26-19-17(15-8-9-31-28-15)18(23)24-10-25-19)20-27-14-5-3-4-12(22)16(14)21(30)29(20)11-6-7-11/h3-5,8-11,13H,2,6-7H2,1H3,(H3,23,24,25,26)/t13-/m0/s1. The van der Waals surface area contributed by atoms with Crippen LogP contribution in [0.2, 0.25) is 0 Å². The number of hydrogen-bond donors (Lipinski definition) is 2. The third kappa shape index (κ3) is 3.29. The molecule has 0 bridgehead atoms. The van der Waals surface area contributed by atoms with E-state index in [9.17, 15) is 9.18 Å². The van der Waals surface area contributed by atoms with Crippen LogP contribution in [0.5, 0.6) is 0 Å². The van der Waals surface area contributed by atoms with Gasteiger partial charge in [-0.1, -0.05) is 18.1 Å². The number of aromatic nitrogens is 5. The number of nitrogens with two attached hydrogens (primary N) is 1. The van der Waals surface area contributed by atoms with Gasteiger partial charge in [-0.3, -0.25) is 9.36 Å². The van der Waals surface area contributed by atoms with E-state index in [0.717, 1.165) is 12.8 Å². The molecule has 5 rings (SSSR count). The fourth-order valence-electron chi connectivity index (χ4n) is 3.77. The number of hydrogen-bond acceptors (Lipinski definition) is 8. The minimum atomic E-state index is -0.561. The summed E-state index contributed by atoms with van der Waals surface area (Å²) in [6, 6.07) is 5.79. The summed E-state index contributed by atoms with van der Waals surface area (Å²) in [5.74, 6) is 0.670. The zero-order chi connectivity index (χ0) is 21.5. The second-order valence-corrected chi connectivity index (χ2v) is 7.48. The molecule has 1 aromatic carbocycles. The lowest BCUT2D eigenvalue weighted by Gasteiger charge is -2.23. The average molecular weight is 421 g/mol. The SMILES string of the molecule is CC[C@H](Nc1ncnc(N)c1-c1ccon1)c1nc2cccc(F)c2c(=O)n1C1CC1. The Morgan fingerprint density at radius 1 is 1.32 bits per heavy atom. The normalized spacial score (nSPS) is 14.6. The zero-order valence-corrected chi connectivity index (χ0v) is 16.7. The molecule has 0 spiro atoms. The molecule has 0 saturated heterocycles. The monoisotopic (exact) mass is 421 g/mol. The van der Waals surface area contributed by atoms with Gasteiger partial charge < -0.3 is 15.6 Å². The zero-order valence-electron chi connectivity index (χ0n) is 16.7. The Morgan fingerprint density at radius 3 is 2.87 bits per heavy atom. The van der Waals surface area contributed by atoms with E-state index < -0.39 is 5.82 Å². The second kappa shape index (κ2) is 7.46. The van der Waals surface area contributed by atoms with Gasteiger partial charge in [0.1, 0.15) is 46.9 Å². The summed E-state index contributed by atoms with van der Waals surface area (Å²) >= 11 is 0. The van der Waals surface area contributed by atoms with Crippen molar-refractivity contribution in [1.29, 1.82) is 0 Å². The van der Waals surface area contributed by atoms with Crippen LogP contribution >= 0.6 is 0 Å². The molecule has 158 valence electrons. The quantitative estimate of drug-likeness (QED) is 0.485. The molecule has 10 heteroatoms. The summed E-state index contributed by atoms with van der Waals surface area (Å²) in [6.45, 7) is 1.97. The van der Waals surface area contributed by atoms with Crippen LogP contribution in [-0.2, 0) is 0 Å². The van der Waals surface area contributed by atoms with Crippen molar-refractivity contribution in [3.63, 3.8) is 0 Å². The minimum Gasteiger partial charge on any atom is -0.383 e. The number of nitrogens with one attached hydrogen (secondary N) is 1. The fourth-order valence-corrected chi connectivity index (χ4v) is 3.77. The van der Waals surface area contributed by atoms with Crippen LogP contribution in [0.1, 0.15) is 44.1 Å². The van der Waals surface area contributed by atoms with Crippen LogP contribution in [0.15, 0.2) is 46.2 Å². The first-order valence-electron chi connectivity index (χ1n) is 10.1. The van der Waals surface area contributed by atoms with Crippen LogP contribution < -0.4 is 16.6 Å². The molecule has 1 fully saturated rings. The van der Waals surface area contributed by atoms with E-state index in [-0.39, 0.29) is 28.8 Å². The van der Waals surface area contributed by atoms with Gasteiger partial charge >= 0.3 is 0 Å². The Labute approximate surface area is 176 Å². The smallest absolute Gasteiger partial charge is 0.264 e. The van der Waals surface area contributed by atoms with Gasteiger partial charge in [0, 0.05) is 12.1 Å². The molecule has 9 nitrogen and oxygen atoms in total. The van der Waals surface area contributed by atoms with Crippen LogP contribution in [0, 0.1) is 5.82 Å². The lowest BCUT2D eigenvalue weighted by Crippen LogP contribution is -2.29. The number of nitrogens with zero attached hydrogens (tertiary/aromatic N) is 5. The van der Waals surface area contributed by atoms with E-state index in [1.807, 2.05) is 6.92 Å². The van der Waals surface area contributed by atoms with Crippen LogP contribution in [0.3, 0.4) is 0 Å². The van der Waals surface area contributed by atoms with Gasteiger partial charge in [0.2, 0.25) is 0 Å². The number of nitrogen functional groups attached to an aromatic ring is 1. The third-order valence-corrected chi connectivity index (χ3v) is 5.42. The van der Waals surface area contributed by atoms with Crippen LogP contribution in [0.25, 0.3) is 22.2 Å². The Kier molecular flexibility index (Phi) is 4.61. The second-order valence-electron chi connectivity index (χ2n) is 7.48. The van der Waals surface area contributed by atoms with Gasteiger partial charge in [0.05, 0.1) is 17.1 Å². The lowest BCUT2D eigenvalue weighted by atomic mass is 10.1. The summed E-state index contributed by atoms with van der Waals surface area (Å²) in [6.07, 6.45) is 5.10. The van der Waals surface area contributed by atoms with Crippen molar-refractivity contribution in [2.24, 2.45) is 0 Å². The van der Waals surface area contributed by atoms with Gasteiger partial charge in [-0.25, -0.2) is 19.3 Å². The summed E-state index contributed by atoms with van der Waals surface area (Å²) in [7, 11) is 0. The Morgan fingerprint density at radius 2 is 2.16 bits per heavy atom. The molecule has 0 aliphatic heterocycles. The van der Waals surface area contributed by atoms with Crippen molar-refractivity contribution in [2.45, 2.75) is 38.3 Å². The number of anilines is 2. The van der Waals surface area contributed by atoms with Crippen molar-refractivity contribution >= 4 is 22.5 Å². The largest absolute Gasteiger partial charge is 0.383 e. The Balaban J connectivity index is 1.65. The molecular formula is C21H20FN7O2. The van der Waals surface area contributed by atoms with Crippen LogP contribution in [-0.4, -0.2) is 24.7 Å². The predicted octanol–water partition coefficient (Wildman–Crippen LogP) is 3.46. The predicted molar refractivity (Wildman–Crippen MR) is 113 cm³/mol. The number of fused-ring (bicyclic) bond motifs is 1.